The van der Waals surface area contributed by atoms with Crippen LogP contribution in [-0.4, -0.2) is 24.9 Å². The molecular formula is C24H14Cl2INO5. The number of halogens is 3. The van der Waals surface area contributed by atoms with Gasteiger partial charge in [0.2, 0.25) is 5.90 Å². The number of hydrogen-bond donors (Lipinski definition) is 0. The molecule has 166 valence electrons. The molecule has 0 N–H and O–H groups in total. The van der Waals surface area contributed by atoms with Crippen LogP contribution in [0.5, 0.6) is 11.5 Å². The Balaban J connectivity index is 1.63. The Hall–Kier alpha value is -2.88. The number of hydrogen-bond acceptors (Lipinski definition) is 6. The lowest BCUT2D eigenvalue weighted by atomic mass is 10.1. The standard InChI is InChI=1S/C24H14Cl2INO5/c1-31-20-11-13(9-18(27)21(20)32-23(29)14-5-3-2-4-6-14)10-19-24(30)33-22(28-19)15-7-8-16(25)17(26)12-15/h2-12H,1H3/b19-10-. The maximum Gasteiger partial charge on any atom is 0.363 e. The van der Waals surface area contributed by atoms with Crippen molar-refractivity contribution >= 4 is 69.7 Å². The molecular weight excluding hydrogens is 580 g/mol. The largest absolute Gasteiger partial charge is 0.493 e. The number of carbonyl (C=O) groups excluding carboxylic acids is 2. The molecule has 0 saturated heterocycles. The Morgan fingerprint density at radius 2 is 1.82 bits per heavy atom. The Kier molecular flexibility index (Phi) is 7.02. The zero-order valence-electron chi connectivity index (χ0n) is 17.0. The summed E-state index contributed by atoms with van der Waals surface area (Å²) in [7, 11) is 1.46. The molecule has 0 aliphatic carbocycles. The van der Waals surface area contributed by atoms with Crippen molar-refractivity contribution < 1.29 is 23.8 Å². The summed E-state index contributed by atoms with van der Waals surface area (Å²) in [6.07, 6.45) is 1.56. The molecule has 0 aromatic heterocycles. The zero-order valence-corrected chi connectivity index (χ0v) is 20.6. The fourth-order valence-electron chi connectivity index (χ4n) is 2.97. The highest BCUT2D eigenvalue weighted by atomic mass is 127. The molecule has 6 nitrogen and oxygen atoms in total. The number of methoxy groups -OCH3 is 1. The minimum Gasteiger partial charge on any atom is -0.493 e. The SMILES string of the molecule is COc1cc(/C=C2\N=C(c3ccc(Cl)c(Cl)c3)OC2=O)cc(I)c1OC(=O)c1ccccc1. The molecule has 0 spiro atoms. The van der Waals surface area contributed by atoms with Gasteiger partial charge in [-0.05, 0) is 76.7 Å². The molecule has 3 aromatic carbocycles. The summed E-state index contributed by atoms with van der Waals surface area (Å²) in [5, 5.41) is 0.709. The number of benzene rings is 3. The van der Waals surface area contributed by atoms with Gasteiger partial charge in [0.15, 0.2) is 17.2 Å². The first-order chi connectivity index (χ1) is 15.9. The van der Waals surface area contributed by atoms with E-state index in [1.54, 1.807) is 60.7 Å². The lowest BCUT2D eigenvalue weighted by Gasteiger charge is -2.12. The number of ether oxygens (including phenoxy) is 3. The molecule has 0 bridgehead atoms. The smallest absolute Gasteiger partial charge is 0.363 e. The van der Waals surface area contributed by atoms with Crippen LogP contribution >= 0.6 is 45.8 Å². The van der Waals surface area contributed by atoms with Crippen molar-refractivity contribution in [1.29, 1.82) is 0 Å². The molecule has 0 radical (unpaired) electrons. The lowest BCUT2D eigenvalue weighted by molar-refractivity contribution is -0.129. The van der Waals surface area contributed by atoms with Crippen molar-refractivity contribution in [1.82, 2.24) is 0 Å². The van der Waals surface area contributed by atoms with E-state index in [0.29, 0.717) is 36.1 Å². The van der Waals surface area contributed by atoms with E-state index in [1.807, 2.05) is 28.7 Å². The molecule has 0 atom stereocenters. The van der Waals surface area contributed by atoms with Gasteiger partial charge in [-0.15, -0.1) is 0 Å². The van der Waals surface area contributed by atoms with Crippen molar-refractivity contribution in [2.45, 2.75) is 0 Å². The number of aliphatic imine (C=N–C) groups is 1. The zero-order chi connectivity index (χ0) is 23.5. The second-order valence-electron chi connectivity index (χ2n) is 6.75. The van der Waals surface area contributed by atoms with Gasteiger partial charge in [0.25, 0.3) is 0 Å². The van der Waals surface area contributed by atoms with E-state index in [-0.39, 0.29) is 17.3 Å². The highest BCUT2D eigenvalue weighted by Crippen LogP contribution is 2.35. The fraction of sp³-hybridized carbons (Fsp3) is 0.0417. The Bertz CT molecular complexity index is 1320. The van der Waals surface area contributed by atoms with Crippen molar-refractivity contribution in [3.8, 4) is 11.5 Å². The molecule has 3 aromatic rings. The molecule has 4 rings (SSSR count). The van der Waals surface area contributed by atoms with E-state index in [4.69, 9.17) is 37.4 Å². The van der Waals surface area contributed by atoms with Crippen molar-refractivity contribution in [3.05, 3.63) is 96.7 Å². The summed E-state index contributed by atoms with van der Waals surface area (Å²) < 4.78 is 16.9. The second kappa shape index (κ2) is 9.94. The number of esters is 2. The van der Waals surface area contributed by atoms with E-state index >= 15 is 0 Å². The van der Waals surface area contributed by atoms with E-state index in [2.05, 4.69) is 4.99 Å². The molecule has 9 heteroatoms. The van der Waals surface area contributed by atoms with Crippen LogP contribution in [-0.2, 0) is 9.53 Å². The second-order valence-corrected chi connectivity index (χ2v) is 8.73. The quantitative estimate of drug-likeness (QED) is 0.153. The van der Waals surface area contributed by atoms with E-state index in [1.165, 1.54) is 7.11 Å². The van der Waals surface area contributed by atoms with E-state index in [9.17, 15) is 9.59 Å². The molecule has 1 heterocycles. The number of cyclic esters (lactones) is 1. The van der Waals surface area contributed by atoms with Gasteiger partial charge in [-0.1, -0.05) is 41.4 Å². The minimum absolute atomic E-state index is 0.1000. The van der Waals surface area contributed by atoms with Crippen LogP contribution in [0.2, 0.25) is 10.0 Å². The highest BCUT2D eigenvalue weighted by Gasteiger charge is 2.25. The van der Waals surface area contributed by atoms with Gasteiger partial charge in [0.05, 0.1) is 26.3 Å². The first-order valence-corrected chi connectivity index (χ1v) is 11.3. The van der Waals surface area contributed by atoms with Gasteiger partial charge in [0.1, 0.15) is 0 Å². The maximum atomic E-state index is 12.5. The predicted molar refractivity (Wildman–Crippen MR) is 134 cm³/mol. The molecule has 0 amide bonds. The first-order valence-electron chi connectivity index (χ1n) is 9.48. The predicted octanol–water partition coefficient (Wildman–Crippen LogP) is 6.17. The lowest BCUT2D eigenvalue weighted by Crippen LogP contribution is -2.10. The van der Waals surface area contributed by atoms with Crippen LogP contribution in [0.4, 0.5) is 0 Å². The Labute approximate surface area is 212 Å². The number of carbonyl (C=O) groups is 2. The average Bonchev–Trinajstić information content (AvgIpc) is 3.17. The third-order valence-corrected chi connectivity index (χ3v) is 6.09. The van der Waals surface area contributed by atoms with Crippen LogP contribution in [0.3, 0.4) is 0 Å². The minimum atomic E-state index is -0.607. The number of rotatable bonds is 5. The molecule has 1 aliphatic heterocycles. The van der Waals surface area contributed by atoms with Gasteiger partial charge >= 0.3 is 11.9 Å². The van der Waals surface area contributed by atoms with Gasteiger partial charge in [-0.2, -0.15) is 0 Å². The highest BCUT2D eigenvalue weighted by molar-refractivity contribution is 14.1. The van der Waals surface area contributed by atoms with E-state index in [0.717, 1.165) is 0 Å². The molecule has 0 fully saturated rings. The van der Waals surface area contributed by atoms with Crippen molar-refractivity contribution in [2.24, 2.45) is 4.99 Å². The summed E-state index contributed by atoms with van der Waals surface area (Å²) in [4.78, 5) is 29.1. The van der Waals surface area contributed by atoms with Gasteiger partial charge in [0, 0.05) is 5.56 Å². The monoisotopic (exact) mass is 593 g/mol. The average molecular weight is 594 g/mol. The van der Waals surface area contributed by atoms with Gasteiger partial charge in [-0.25, -0.2) is 14.6 Å². The topological polar surface area (TPSA) is 74.2 Å². The molecule has 1 aliphatic rings. The van der Waals surface area contributed by atoms with Crippen LogP contribution in [0, 0.1) is 3.57 Å². The molecule has 0 saturated carbocycles. The summed E-state index contributed by atoms with van der Waals surface area (Å²) >= 11 is 14.0. The maximum absolute atomic E-state index is 12.5. The first kappa shape index (κ1) is 23.3. The van der Waals surface area contributed by atoms with Gasteiger partial charge in [-0.3, -0.25) is 0 Å². The summed E-state index contributed by atoms with van der Waals surface area (Å²) in [5.74, 6) is -0.376. The normalized spacial score (nSPS) is 14.1. The summed E-state index contributed by atoms with van der Waals surface area (Å²) in [5.41, 5.74) is 1.65. The van der Waals surface area contributed by atoms with Crippen molar-refractivity contribution in [2.75, 3.05) is 7.11 Å². The van der Waals surface area contributed by atoms with Crippen LogP contribution in [0.25, 0.3) is 6.08 Å². The molecule has 0 unspecified atom stereocenters. The third-order valence-electron chi connectivity index (χ3n) is 4.55. The van der Waals surface area contributed by atoms with Crippen LogP contribution in [0.1, 0.15) is 21.5 Å². The van der Waals surface area contributed by atoms with E-state index < -0.39 is 11.9 Å². The third kappa shape index (κ3) is 5.21. The van der Waals surface area contributed by atoms with Crippen LogP contribution in [0.15, 0.2) is 71.4 Å². The summed E-state index contributed by atoms with van der Waals surface area (Å²) in [6.45, 7) is 0. The Morgan fingerprint density at radius 3 is 2.52 bits per heavy atom. The fourth-order valence-corrected chi connectivity index (χ4v) is 4.00. The molecule has 33 heavy (non-hydrogen) atoms. The van der Waals surface area contributed by atoms with Crippen molar-refractivity contribution in [3.63, 3.8) is 0 Å². The van der Waals surface area contributed by atoms with Crippen LogP contribution < -0.4 is 9.47 Å². The Morgan fingerprint density at radius 1 is 1.06 bits per heavy atom. The van der Waals surface area contributed by atoms with Gasteiger partial charge < -0.3 is 14.2 Å². The number of nitrogens with zero attached hydrogens (tertiary/aromatic N) is 1. The summed E-state index contributed by atoms with van der Waals surface area (Å²) in [6, 6.07) is 16.8.